The van der Waals surface area contributed by atoms with Gasteiger partial charge in [-0.15, -0.1) is 0 Å². The van der Waals surface area contributed by atoms with Gasteiger partial charge in [0.1, 0.15) is 71.8 Å². The van der Waals surface area contributed by atoms with Gasteiger partial charge in [-0.3, -0.25) is 62.9 Å². The third kappa shape index (κ3) is 21.3. The highest BCUT2D eigenvalue weighted by Gasteiger charge is 2.34. The fourth-order valence-corrected chi connectivity index (χ4v) is 12.2. The van der Waals surface area contributed by atoms with Crippen LogP contribution in [0.3, 0.4) is 0 Å². The van der Waals surface area contributed by atoms with Crippen LogP contribution in [0.15, 0.2) is 85.3 Å². The number of nitrogens with two attached hydrogens (primary N) is 6. The highest BCUT2D eigenvalue weighted by molar-refractivity contribution is 5.97. The summed E-state index contributed by atoms with van der Waals surface area (Å²) in [7, 11) is 0. The van der Waals surface area contributed by atoms with E-state index in [0.29, 0.717) is 53.8 Å². The fraction of sp³-hybridized carbons (Fsp3) is 0.485. The number of amides is 7. The van der Waals surface area contributed by atoms with Crippen LogP contribution in [-0.4, -0.2) is 177 Å². The third-order valence-electron chi connectivity index (χ3n) is 18.3. The molecule has 582 valence electrons. The first kappa shape index (κ1) is 80.4. The number of H-pyrrole nitrogens is 3. The van der Waals surface area contributed by atoms with Crippen molar-refractivity contribution < 1.29 is 33.6 Å². The first-order valence-corrected chi connectivity index (χ1v) is 35.4. The minimum Gasteiger partial charge on any atom is -0.382 e. The smallest absolute Gasteiger partial charge is 0.328 e. The Bertz CT molecular complexity index is 5150. The average molecular weight is 1510 g/mol. The topological polar surface area (TPSA) is 643 Å². The van der Waals surface area contributed by atoms with E-state index in [0.717, 1.165) is 0 Å². The normalized spacial score (nSPS) is 13.4. The number of hydrogen-bond donors (Lipinski definition) is 15. The van der Waals surface area contributed by atoms with Gasteiger partial charge in [0.15, 0.2) is 34.4 Å². The number of aromatic nitrogens is 18. The summed E-state index contributed by atoms with van der Waals surface area (Å²) >= 11 is 0. The minimum absolute atomic E-state index is 0.00398. The van der Waals surface area contributed by atoms with Gasteiger partial charge in [-0.1, -0.05) is 0 Å². The number of nitrogen functional groups attached to an aromatic ring is 3. The quantitative estimate of drug-likeness (QED) is 0.0160. The molecule has 0 fully saturated rings. The zero-order valence-electron chi connectivity index (χ0n) is 60.3. The lowest BCUT2D eigenvalue weighted by atomic mass is 10.0. The predicted octanol–water partition coefficient (Wildman–Crippen LogP) is -4.64. The molecule has 7 atom stereocenters. The van der Waals surface area contributed by atoms with Crippen molar-refractivity contribution in [1.82, 2.24) is 119 Å². The zero-order valence-corrected chi connectivity index (χ0v) is 60.3. The van der Waals surface area contributed by atoms with E-state index >= 15 is 19.2 Å². The van der Waals surface area contributed by atoms with Crippen molar-refractivity contribution >= 4 is 92.3 Å². The molecule has 9 rings (SSSR count). The predicted molar refractivity (Wildman–Crippen MR) is 394 cm³/mol. The Balaban J connectivity index is 1.03. The van der Waals surface area contributed by atoms with E-state index < -0.39 is 117 Å². The number of unbranched alkanes of at least 4 members (excludes halogenated alkanes) is 1. The van der Waals surface area contributed by atoms with Gasteiger partial charge < -0.3 is 93.7 Å². The molecule has 43 nitrogen and oxygen atoms in total. The van der Waals surface area contributed by atoms with Crippen molar-refractivity contribution in [2.24, 2.45) is 17.2 Å². The largest absolute Gasteiger partial charge is 0.382 e. The second kappa shape index (κ2) is 37.5. The Labute approximate surface area is 618 Å². The maximum atomic E-state index is 15.4. The van der Waals surface area contributed by atoms with Crippen LogP contribution in [0.25, 0.3) is 33.5 Å². The van der Waals surface area contributed by atoms with Crippen molar-refractivity contribution in [3.8, 4) is 0 Å². The van der Waals surface area contributed by atoms with E-state index in [4.69, 9.17) is 34.4 Å². The second-order valence-electron chi connectivity index (χ2n) is 26.4. The van der Waals surface area contributed by atoms with E-state index in [2.05, 4.69) is 91.7 Å². The molecule has 0 unspecified atom stereocenters. The molecule has 0 spiro atoms. The molecule has 0 saturated carbocycles. The van der Waals surface area contributed by atoms with Crippen molar-refractivity contribution in [2.45, 2.75) is 199 Å². The molecule has 0 bridgehead atoms. The summed E-state index contributed by atoms with van der Waals surface area (Å²) in [6.07, 6.45) is 12.6. The highest BCUT2D eigenvalue weighted by Crippen LogP contribution is 2.20. The number of fused-ring (bicyclic) bond motifs is 3. The van der Waals surface area contributed by atoms with Crippen molar-refractivity contribution in [2.75, 3.05) is 23.7 Å². The zero-order chi connectivity index (χ0) is 78.6. The molecule has 9 aromatic heterocycles. The molecular weight excluding hydrogens is 1420 g/mol. The first-order chi connectivity index (χ1) is 52.2. The van der Waals surface area contributed by atoms with E-state index in [1.807, 2.05) is 0 Å². The highest BCUT2D eigenvalue weighted by atomic mass is 16.2. The SMILES string of the molecule is Cc1cn(CCC[C@H](NC(=O)[C@H](CCCn2cc(C)c(=O)[nH]c2=O)NC(=O)[C@H](CCCn2cnc3c(N)ncnc32)NC(=O)[C@H](CCCn2cc(C)c(=O)[nH]c2=O)NC(=O)[C@H](CCCn2cnc3c(N)ncnc32)NC(=O)[C@@H](N)CCCn2cnc3c(N)ncnc32)C(=O)N[C@@H](CCCCN)C(N)=O)c(=O)[nH]c1=O. The van der Waals surface area contributed by atoms with Gasteiger partial charge in [-0.25, -0.2) is 59.2 Å². The minimum atomic E-state index is -1.63. The van der Waals surface area contributed by atoms with Crippen LogP contribution in [0.4, 0.5) is 17.5 Å². The monoisotopic (exact) mass is 1510 g/mol. The van der Waals surface area contributed by atoms with Crippen LogP contribution < -0.4 is 100 Å². The van der Waals surface area contributed by atoms with Gasteiger partial charge in [-0.2, -0.15) is 0 Å². The number of carbonyl (C=O) groups excluding carboxylic acids is 7. The van der Waals surface area contributed by atoms with Gasteiger partial charge in [0.25, 0.3) is 16.7 Å². The number of carbonyl (C=O) groups is 7. The Kier molecular flexibility index (Phi) is 27.7. The van der Waals surface area contributed by atoms with Gasteiger partial charge in [0, 0.05) is 74.5 Å². The molecule has 0 aliphatic rings. The molecule has 21 N–H and O–H groups in total. The number of nitrogens with one attached hydrogen (secondary N) is 9. The van der Waals surface area contributed by atoms with Crippen LogP contribution in [0, 0.1) is 20.8 Å². The Morgan fingerprint density at radius 1 is 0.367 bits per heavy atom. The van der Waals surface area contributed by atoms with Crippen LogP contribution in [-0.2, 0) is 72.8 Å². The first-order valence-electron chi connectivity index (χ1n) is 35.4. The summed E-state index contributed by atoms with van der Waals surface area (Å²) < 4.78 is 8.59. The maximum Gasteiger partial charge on any atom is 0.328 e. The average Bonchev–Trinajstić information content (AvgIpc) is 1.69. The summed E-state index contributed by atoms with van der Waals surface area (Å²) in [5.41, 5.74) is 34.7. The van der Waals surface area contributed by atoms with Crippen molar-refractivity contribution in [3.05, 3.63) is 136 Å². The molecule has 43 heteroatoms. The molecule has 9 heterocycles. The molecule has 0 saturated heterocycles. The Hall–Kier alpha value is -12.7. The number of anilines is 3. The molecule has 9 aromatic rings. The Morgan fingerprint density at radius 2 is 0.633 bits per heavy atom. The van der Waals surface area contributed by atoms with Crippen LogP contribution >= 0.6 is 0 Å². The van der Waals surface area contributed by atoms with Crippen LogP contribution in [0.2, 0.25) is 0 Å². The summed E-state index contributed by atoms with van der Waals surface area (Å²) in [4.78, 5) is 223. The number of rotatable bonds is 41. The molecular formula is C66H90N30O13. The van der Waals surface area contributed by atoms with Gasteiger partial charge in [0.05, 0.1) is 25.0 Å². The van der Waals surface area contributed by atoms with E-state index in [-0.39, 0.29) is 156 Å². The summed E-state index contributed by atoms with van der Waals surface area (Å²) in [5, 5.41) is 16.4. The Morgan fingerprint density at radius 3 is 0.927 bits per heavy atom. The number of hydrogen-bond acceptors (Lipinski definition) is 27. The number of primary amides is 1. The molecule has 0 aliphatic heterocycles. The summed E-state index contributed by atoms with van der Waals surface area (Å²) in [5.74, 6) is -5.98. The lowest BCUT2D eigenvalue weighted by Gasteiger charge is -2.28. The number of aromatic amines is 3. The second-order valence-corrected chi connectivity index (χ2v) is 26.4. The van der Waals surface area contributed by atoms with Crippen molar-refractivity contribution in [1.29, 1.82) is 0 Å². The number of imidazole rings is 3. The molecule has 0 aromatic carbocycles. The summed E-state index contributed by atoms with van der Waals surface area (Å²) in [6, 6.07) is -10.2. The van der Waals surface area contributed by atoms with E-state index in [1.54, 1.807) is 13.7 Å². The lowest BCUT2D eigenvalue weighted by molar-refractivity contribution is -0.135. The molecule has 109 heavy (non-hydrogen) atoms. The van der Waals surface area contributed by atoms with E-state index in [9.17, 15) is 43.2 Å². The van der Waals surface area contributed by atoms with Gasteiger partial charge in [-0.05, 0) is 124 Å². The molecule has 0 aliphatic carbocycles. The third-order valence-corrected chi connectivity index (χ3v) is 18.3. The number of nitrogens with zero attached hydrogens (tertiary/aromatic N) is 15. The molecule has 7 amide bonds. The van der Waals surface area contributed by atoms with Crippen LogP contribution in [0.5, 0.6) is 0 Å². The molecule has 0 radical (unpaired) electrons. The summed E-state index contributed by atoms with van der Waals surface area (Å²) in [6.45, 7) is 4.95. The number of aryl methyl sites for hydroxylation is 9. The van der Waals surface area contributed by atoms with Gasteiger partial charge >= 0.3 is 17.1 Å². The van der Waals surface area contributed by atoms with E-state index in [1.165, 1.54) is 91.0 Å². The lowest BCUT2D eigenvalue weighted by Crippen LogP contribution is -2.60. The van der Waals surface area contributed by atoms with Crippen molar-refractivity contribution in [3.63, 3.8) is 0 Å². The standard InChI is InChI=1S/C66H90N30O13/c1-35-26-91(64(107)88-55(35)98)20-7-14-41(59(102)82-39(51(72)97)13-4-5-19-67)84-61(104)43(16-9-22-93-28-37(3)57(100)90-66(93)109)86-63(106)44(18-11-25-96-34-81-47-50(71)75-31-78-54(47)96)87-62(105)42(15-8-21-92-27-36(2)56(99)89-65(92)108)85-60(103)40(17-10-24-95-33-80-46-49(70)74-30-77-53(46)95)83-58(101)38(68)12-6-23-94-32-79-45-48(69)73-29-76-52(45)94/h26-34,38-44H,4-25,67-68H2,1-3H3,(H2,72,97)(H,82,102)(H,83,101)(H,84,104)(H,85,103)(H,86,106)(H,87,105)(H2,69,73,76)(H2,70,74,77)(H2,71,75,78)(H,88,98,107)(H,89,99,108)(H,90,100,109)/t38-,39-,40-,41-,42-,43-,44-/m0/s1. The van der Waals surface area contributed by atoms with Crippen LogP contribution in [0.1, 0.15) is 113 Å². The van der Waals surface area contributed by atoms with Gasteiger partial charge in [0.2, 0.25) is 41.4 Å². The maximum absolute atomic E-state index is 15.4. The fourth-order valence-electron chi connectivity index (χ4n) is 12.2.